The summed E-state index contributed by atoms with van der Waals surface area (Å²) in [5.41, 5.74) is 0. The van der Waals surface area contributed by atoms with Gasteiger partial charge in [0, 0.05) is 18.5 Å². The van der Waals surface area contributed by atoms with Crippen molar-refractivity contribution in [3.8, 4) is 0 Å². The molecule has 0 aromatic heterocycles. The van der Waals surface area contributed by atoms with E-state index in [1.807, 2.05) is 0 Å². The van der Waals surface area contributed by atoms with E-state index in [-0.39, 0.29) is 0 Å². The molecule has 0 aliphatic heterocycles. The van der Waals surface area contributed by atoms with Crippen molar-refractivity contribution in [2.45, 2.75) is 26.8 Å². The van der Waals surface area contributed by atoms with E-state index in [0.29, 0.717) is 6.04 Å². The number of nitrogens with zero attached hydrogens (tertiary/aromatic N) is 1. The Bertz CT molecular complexity index is 63.9. The fraction of sp³-hybridized carbons (Fsp3) is 1.00. The van der Waals surface area contributed by atoms with Gasteiger partial charge < -0.3 is 4.90 Å². The van der Waals surface area contributed by atoms with Crippen LogP contribution >= 0.6 is 11.6 Å². The fourth-order valence-corrected chi connectivity index (χ4v) is 1.11. The van der Waals surface area contributed by atoms with Crippen molar-refractivity contribution in [1.29, 1.82) is 0 Å². The minimum atomic E-state index is 0.633. The Morgan fingerprint density at radius 1 is 1.44 bits per heavy atom. The molecule has 0 fully saturated rings. The van der Waals surface area contributed by atoms with Gasteiger partial charge >= 0.3 is 0 Å². The molecule has 0 saturated heterocycles. The molecule has 0 rings (SSSR count). The van der Waals surface area contributed by atoms with Gasteiger partial charge in [-0.25, -0.2) is 0 Å². The van der Waals surface area contributed by atoms with E-state index in [0.717, 1.165) is 19.0 Å². The highest BCUT2D eigenvalue weighted by Gasteiger charge is 2.03. The quantitative estimate of drug-likeness (QED) is 0.553. The van der Waals surface area contributed by atoms with Crippen molar-refractivity contribution in [3.63, 3.8) is 0 Å². The van der Waals surface area contributed by atoms with Crippen LogP contribution < -0.4 is 0 Å². The highest BCUT2D eigenvalue weighted by Crippen LogP contribution is 1.96. The first-order valence-corrected chi connectivity index (χ1v) is 4.05. The van der Waals surface area contributed by atoms with Gasteiger partial charge in [0.05, 0.1) is 0 Å². The molecule has 0 aromatic carbocycles. The molecule has 0 radical (unpaired) electrons. The summed E-state index contributed by atoms with van der Waals surface area (Å²) in [5, 5.41) is 0. The lowest BCUT2D eigenvalue weighted by molar-refractivity contribution is 0.248. The zero-order chi connectivity index (χ0) is 7.28. The molecular weight excluding hydrogens is 134 g/mol. The molecule has 2 heteroatoms. The second-order valence-electron chi connectivity index (χ2n) is 2.41. The molecule has 0 heterocycles. The summed E-state index contributed by atoms with van der Waals surface area (Å²) < 4.78 is 0. The van der Waals surface area contributed by atoms with Crippen LogP contribution in [0.1, 0.15) is 20.8 Å². The SMILES string of the molecule is CCN(CCCl)C(C)C. The predicted octanol–water partition coefficient (Wildman–Crippen LogP) is 1.96. The molecule has 1 nitrogen and oxygen atoms in total. The van der Waals surface area contributed by atoms with Crippen molar-refractivity contribution in [2.75, 3.05) is 19.0 Å². The van der Waals surface area contributed by atoms with Crippen LogP contribution in [0.25, 0.3) is 0 Å². The van der Waals surface area contributed by atoms with Crippen molar-refractivity contribution in [3.05, 3.63) is 0 Å². The number of alkyl halides is 1. The normalized spacial score (nSPS) is 11.3. The summed E-state index contributed by atoms with van der Waals surface area (Å²) in [4.78, 5) is 2.34. The second kappa shape index (κ2) is 5.07. The molecule has 0 saturated carbocycles. The van der Waals surface area contributed by atoms with E-state index in [9.17, 15) is 0 Å². The van der Waals surface area contributed by atoms with Crippen molar-refractivity contribution in [2.24, 2.45) is 0 Å². The Morgan fingerprint density at radius 3 is 2.11 bits per heavy atom. The average Bonchev–Trinajstić information content (AvgIpc) is 1.82. The first-order chi connectivity index (χ1) is 4.22. The molecule has 0 N–H and O–H groups in total. The van der Waals surface area contributed by atoms with E-state index in [4.69, 9.17) is 11.6 Å². The Kier molecular flexibility index (Phi) is 5.21. The van der Waals surface area contributed by atoms with Crippen molar-refractivity contribution < 1.29 is 0 Å². The van der Waals surface area contributed by atoms with Crippen LogP contribution in [0, 0.1) is 0 Å². The minimum absolute atomic E-state index is 0.633. The van der Waals surface area contributed by atoms with Crippen LogP contribution in [0.3, 0.4) is 0 Å². The summed E-state index contributed by atoms with van der Waals surface area (Å²) in [5.74, 6) is 0.742. The van der Waals surface area contributed by atoms with Crippen LogP contribution in [-0.2, 0) is 0 Å². The van der Waals surface area contributed by atoms with Crippen LogP contribution in [0.2, 0.25) is 0 Å². The highest BCUT2D eigenvalue weighted by molar-refractivity contribution is 6.18. The van der Waals surface area contributed by atoms with Crippen LogP contribution in [0.15, 0.2) is 0 Å². The van der Waals surface area contributed by atoms with Gasteiger partial charge in [-0.2, -0.15) is 0 Å². The Labute approximate surface area is 63.0 Å². The first-order valence-electron chi connectivity index (χ1n) is 3.52. The molecule has 0 aliphatic carbocycles. The zero-order valence-corrected chi connectivity index (χ0v) is 7.28. The van der Waals surface area contributed by atoms with Crippen LogP contribution in [0.4, 0.5) is 0 Å². The molecule has 0 aromatic rings. The smallest absolute Gasteiger partial charge is 0.0351 e. The molecule has 0 spiro atoms. The van der Waals surface area contributed by atoms with Gasteiger partial charge in [0.15, 0.2) is 0 Å². The van der Waals surface area contributed by atoms with E-state index in [1.54, 1.807) is 0 Å². The van der Waals surface area contributed by atoms with E-state index >= 15 is 0 Å². The second-order valence-corrected chi connectivity index (χ2v) is 2.79. The third-order valence-corrected chi connectivity index (χ3v) is 1.68. The lowest BCUT2D eigenvalue weighted by Crippen LogP contribution is -2.32. The first kappa shape index (κ1) is 9.25. The van der Waals surface area contributed by atoms with Crippen molar-refractivity contribution >= 4 is 11.6 Å². The van der Waals surface area contributed by atoms with Gasteiger partial charge in [-0.15, -0.1) is 11.6 Å². The van der Waals surface area contributed by atoms with E-state index < -0.39 is 0 Å². The molecule has 9 heavy (non-hydrogen) atoms. The average molecular weight is 150 g/mol. The fourth-order valence-electron chi connectivity index (χ4n) is 0.890. The van der Waals surface area contributed by atoms with Crippen LogP contribution in [-0.4, -0.2) is 29.9 Å². The summed E-state index contributed by atoms with van der Waals surface area (Å²) in [6.45, 7) is 8.65. The molecule has 0 unspecified atom stereocenters. The molecule has 0 aliphatic rings. The van der Waals surface area contributed by atoms with Gasteiger partial charge in [-0.3, -0.25) is 0 Å². The summed E-state index contributed by atoms with van der Waals surface area (Å²) in [6, 6.07) is 0.633. The van der Waals surface area contributed by atoms with Gasteiger partial charge in [0.2, 0.25) is 0 Å². The molecule has 0 bridgehead atoms. The van der Waals surface area contributed by atoms with Gasteiger partial charge in [0.25, 0.3) is 0 Å². The Morgan fingerprint density at radius 2 is 2.00 bits per heavy atom. The largest absolute Gasteiger partial charge is 0.300 e. The van der Waals surface area contributed by atoms with Gasteiger partial charge in [0.1, 0.15) is 0 Å². The predicted molar refractivity (Wildman–Crippen MR) is 43.1 cm³/mol. The summed E-state index contributed by atoms with van der Waals surface area (Å²) >= 11 is 5.58. The molecule has 0 atom stereocenters. The van der Waals surface area contributed by atoms with Gasteiger partial charge in [-0.1, -0.05) is 6.92 Å². The van der Waals surface area contributed by atoms with Crippen LogP contribution in [0.5, 0.6) is 0 Å². The highest BCUT2D eigenvalue weighted by atomic mass is 35.5. The zero-order valence-electron chi connectivity index (χ0n) is 6.52. The van der Waals surface area contributed by atoms with Gasteiger partial charge in [-0.05, 0) is 20.4 Å². The number of hydrogen-bond acceptors (Lipinski definition) is 1. The maximum atomic E-state index is 5.58. The molecular formula is C7H16ClN. The third-order valence-electron chi connectivity index (χ3n) is 1.51. The third kappa shape index (κ3) is 3.77. The monoisotopic (exact) mass is 149 g/mol. The molecule has 0 amide bonds. The lowest BCUT2D eigenvalue weighted by atomic mass is 10.3. The standard InChI is InChI=1S/C7H16ClN/c1-4-9(6-5-8)7(2)3/h7H,4-6H2,1-3H3. The number of hydrogen-bond donors (Lipinski definition) is 0. The lowest BCUT2D eigenvalue weighted by Gasteiger charge is -2.23. The molecule has 56 valence electrons. The van der Waals surface area contributed by atoms with Crippen molar-refractivity contribution in [1.82, 2.24) is 4.90 Å². The Hall–Kier alpha value is 0.250. The topological polar surface area (TPSA) is 3.24 Å². The minimum Gasteiger partial charge on any atom is -0.300 e. The Balaban J connectivity index is 3.41. The maximum absolute atomic E-state index is 5.58. The van der Waals surface area contributed by atoms with E-state index in [2.05, 4.69) is 25.7 Å². The maximum Gasteiger partial charge on any atom is 0.0351 e. The van der Waals surface area contributed by atoms with E-state index in [1.165, 1.54) is 0 Å². The summed E-state index contributed by atoms with van der Waals surface area (Å²) in [7, 11) is 0. The summed E-state index contributed by atoms with van der Waals surface area (Å²) in [6.07, 6.45) is 0. The number of halogens is 1. The number of rotatable bonds is 4.